The van der Waals surface area contributed by atoms with Crippen LogP contribution in [0.1, 0.15) is 11.3 Å². The van der Waals surface area contributed by atoms with Crippen LogP contribution in [0, 0.1) is 0 Å². The van der Waals surface area contributed by atoms with Gasteiger partial charge in [0.25, 0.3) is 5.56 Å². The molecule has 0 saturated carbocycles. The molecule has 0 aliphatic heterocycles. The van der Waals surface area contributed by atoms with E-state index in [2.05, 4.69) is 5.10 Å². The Morgan fingerprint density at radius 1 is 0.926 bits per heavy atom. The average molecular weight is 358 g/mol. The van der Waals surface area contributed by atoms with E-state index >= 15 is 0 Å². The number of ether oxygens (including phenoxy) is 1. The smallest absolute Gasteiger partial charge is 0.312 e. The number of carbonyl (C=O) groups is 1. The minimum absolute atomic E-state index is 0.0133. The molecule has 5 heteroatoms. The number of carbonyl (C=O) groups excluding carboxylic acids is 1. The summed E-state index contributed by atoms with van der Waals surface area (Å²) in [6, 6.07) is 21.1. The number of hydrogen-bond donors (Lipinski definition) is 0. The molecule has 0 bridgehead atoms. The Morgan fingerprint density at radius 2 is 1.59 bits per heavy atom. The van der Waals surface area contributed by atoms with Gasteiger partial charge in [-0.1, -0.05) is 60.7 Å². The Morgan fingerprint density at radius 3 is 2.41 bits per heavy atom. The Hall–Kier alpha value is -3.47. The molecule has 0 spiro atoms. The highest BCUT2D eigenvalue weighted by Gasteiger charge is 2.13. The molecule has 0 aliphatic rings. The van der Waals surface area contributed by atoms with Crippen molar-refractivity contribution in [1.29, 1.82) is 0 Å². The molecule has 4 rings (SSSR count). The van der Waals surface area contributed by atoms with E-state index in [0.29, 0.717) is 16.5 Å². The molecule has 4 aromatic rings. The molecule has 0 unspecified atom stereocenters. The van der Waals surface area contributed by atoms with Gasteiger partial charge in [-0.3, -0.25) is 9.59 Å². The molecule has 27 heavy (non-hydrogen) atoms. The second-order valence-corrected chi connectivity index (χ2v) is 6.40. The van der Waals surface area contributed by atoms with Crippen molar-refractivity contribution in [2.45, 2.75) is 13.0 Å². The lowest BCUT2D eigenvalue weighted by atomic mass is 10.1. The second-order valence-electron chi connectivity index (χ2n) is 6.40. The third-order valence-electron chi connectivity index (χ3n) is 4.61. The summed E-state index contributed by atoms with van der Waals surface area (Å²) in [5.41, 5.74) is 1.31. The molecule has 0 radical (unpaired) electrons. The highest BCUT2D eigenvalue weighted by molar-refractivity contribution is 5.87. The molecule has 5 nitrogen and oxygen atoms in total. The van der Waals surface area contributed by atoms with Gasteiger partial charge in [-0.15, -0.1) is 0 Å². The van der Waals surface area contributed by atoms with Gasteiger partial charge < -0.3 is 4.74 Å². The highest BCUT2D eigenvalue weighted by atomic mass is 16.5. The predicted molar refractivity (Wildman–Crippen MR) is 104 cm³/mol. The molecule has 0 N–H and O–H groups in total. The van der Waals surface area contributed by atoms with Crippen LogP contribution in [0.4, 0.5) is 0 Å². The lowest BCUT2D eigenvalue weighted by molar-refractivity contribution is -0.144. The van der Waals surface area contributed by atoms with E-state index < -0.39 is 0 Å². The zero-order valence-corrected chi connectivity index (χ0v) is 14.9. The number of aryl methyl sites for hydroxylation is 1. The second kappa shape index (κ2) is 7.03. The maximum Gasteiger partial charge on any atom is 0.312 e. The number of nitrogens with zero attached hydrogens (tertiary/aromatic N) is 2. The number of aromatic nitrogens is 2. The highest BCUT2D eigenvalue weighted by Crippen LogP contribution is 2.20. The van der Waals surface area contributed by atoms with Crippen LogP contribution in [-0.4, -0.2) is 15.7 Å². The lowest BCUT2D eigenvalue weighted by Crippen LogP contribution is -2.22. The van der Waals surface area contributed by atoms with Gasteiger partial charge in [0.1, 0.15) is 6.61 Å². The van der Waals surface area contributed by atoms with Crippen LogP contribution in [0.3, 0.4) is 0 Å². The Balaban J connectivity index is 1.56. The van der Waals surface area contributed by atoms with Gasteiger partial charge >= 0.3 is 5.97 Å². The summed E-state index contributed by atoms with van der Waals surface area (Å²) in [5.74, 6) is -0.376. The van der Waals surface area contributed by atoms with E-state index in [1.807, 2.05) is 48.5 Å². The molecule has 0 atom stereocenters. The lowest BCUT2D eigenvalue weighted by Gasteiger charge is -2.10. The summed E-state index contributed by atoms with van der Waals surface area (Å²) in [6.07, 6.45) is 0.0133. The molecule has 3 aromatic carbocycles. The zero-order chi connectivity index (χ0) is 18.8. The normalized spacial score (nSPS) is 11.0. The van der Waals surface area contributed by atoms with Gasteiger partial charge in [-0.25, -0.2) is 4.68 Å². The first kappa shape index (κ1) is 17.0. The van der Waals surface area contributed by atoms with E-state index in [0.717, 1.165) is 16.3 Å². The van der Waals surface area contributed by atoms with Crippen molar-refractivity contribution in [3.8, 4) is 0 Å². The van der Waals surface area contributed by atoms with E-state index in [9.17, 15) is 9.59 Å². The maximum absolute atomic E-state index is 12.4. The zero-order valence-electron chi connectivity index (χ0n) is 14.9. The number of esters is 1. The molecule has 0 amide bonds. The van der Waals surface area contributed by atoms with E-state index in [4.69, 9.17) is 4.74 Å². The minimum Gasteiger partial charge on any atom is -0.460 e. The number of hydrogen-bond acceptors (Lipinski definition) is 4. The van der Waals surface area contributed by atoms with Crippen molar-refractivity contribution in [3.05, 3.63) is 88.3 Å². The maximum atomic E-state index is 12.4. The summed E-state index contributed by atoms with van der Waals surface area (Å²) < 4.78 is 6.75. The third kappa shape index (κ3) is 3.31. The SMILES string of the molecule is Cn1nc(CC(=O)OCc2cccc3ccccc23)c2ccccc2c1=O. The van der Waals surface area contributed by atoms with Crippen molar-refractivity contribution in [2.75, 3.05) is 0 Å². The van der Waals surface area contributed by atoms with Crippen LogP contribution in [0.15, 0.2) is 71.5 Å². The standard InChI is InChI=1S/C22H18N2O3/c1-24-22(26)19-12-5-4-11-18(19)20(23-24)13-21(25)27-14-16-9-6-8-15-7-2-3-10-17(15)16/h2-12H,13-14H2,1H3. The monoisotopic (exact) mass is 358 g/mol. The predicted octanol–water partition coefficient (Wildman–Crippen LogP) is 3.37. The molecular weight excluding hydrogens is 340 g/mol. The van der Waals surface area contributed by atoms with Gasteiger partial charge in [0.05, 0.1) is 17.5 Å². The van der Waals surface area contributed by atoms with Gasteiger partial charge in [0.2, 0.25) is 0 Å². The summed E-state index contributed by atoms with van der Waals surface area (Å²) in [5, 5.41) is 7.66. The van der Waals surface area contributed by atoms with Crippen LogP contribution >= 0.6 is 0 Å². The van der Waals surface area contributed by atoms with E-state index in [1.165, 1.54) is 4.68 Å². The van der Waals surface area contributed by atoms with Crippen LogP contribution in [0.5, 0.6) is 0 Å². The van der Waals surface area contributed by atoms with Crippen molar-refractivity contribution in [2.24, 2.45) is 7.05 Å². The van der Waals surface area contributed by atoms with Crippen molar-refractivity contribution >= 4 is 27.5 Å². The van der Waals surface area contributed by atoms with Gasteiger partial charge in [-0.2, -0.15) is 5.10 Å². The fourth-order valence-corrected chi connectivity index (χ4v) is 3.27. The third-order valence-corrected chi connectivity index (χ3v) is 4.61. The average Bonchev–Trinajstić information content (AvgIpc) is 2.70. The topological polar surface area (TPSA) is 61.2 Å². The summed E-state index contributed by atoms with van der Waals surface area (Å²) in [7, 11) is 1.58. The number of rotatable bonds is 4. The van der Waals surface area contributed by atoms with Crippen LogP contribution in [-0.2, 0) is 29.6 Å². The molecule has 0 aliphatic carbocycles. The molecular formula is C22H18N2O3. The first-order valence-corrected chi connectivity index (χ1v) is 8.70. The largest absolute Gasteiger partial charge is 0.460 e. The quantitative estimate of drug-likeness (QED) is 0.525. The minimum atomic E-state index is -0.376. The van der Waals surface area contributed by atoms with Crippen LogP contribution < -0.4 is 5.56 Å². The molecule has 1 aromatic heterocycles. The fourth-order valence-electron chi connectivity index (χ4n) is 3.27. The summed E-state index contributed by atoms with van der Waals surface area (Å²) in [4.78, 5) is 24.6. The fraction of sp³-hybridized carbons (Fsp3) is 0.136. The first-order chi connectivity index (χ1) is 13.1. The van der Waals surface area contributed by atoms with E-state index in [-0.39, 0.29) is 24.6 Å². The molecule has 0 saturated heterocycles. The number of benzene rings is 3. The van der Waals surface area contributed by atoms with Crippen molar-refractivity contribution in [3.63, 3.8) is 0 Å². The van der Waals surface area contributed by atoms with Gasteiger partial charge in [0, 0.05) is 12.4 Å². The van der Waals surface area contributed by atoms with Crippen molar-refractivity contribution in [1.82, 2.24) is 9.78 Å². The van der Waals surface area contributed by atoms with Crippen LogP contribution in [0.2, 0.25) is 0 Å². The van der Waals surface area contributed by atoms with Crippen molar-refractivity contribution < 1.29 is 9.53 Å². The number of fused-ring (bicyclic) bond motifs is 2. The molecule has 0 fully saturated rings. The van der Waals surface area contributed by atoms with Gasteiger partial charge in [0.15, 0.2) is 0 Å². The Kier molecular flexibility index (Phi) is 4.42. The Bertz CT molecular complexity index is 1210. The summed E-state index contributed by atoms with van der Waals surface area (Å²) in [6.45, 7) is 0.198. The van der Waals surface area contributed by atoms with E-state index in [1.54, 1.807) is 25.2 Å². The van der Waals surface area contributed by atoms with Gasteiger partial charge in [-0.05, 0) is 22.4 Å². The molecule has 134 valence electrons. The first-order valence-electron chi connectivity index (χ1n) is 8.70. The molecule has 1 heterocycles. The Labute approximate surface area is 155 Å². The summed E-state index contributed by atoms with van der Waals surface area (Å²) >= 11 is 0. The van der Waals surface area contributed by atoms with Crippen LogP contribution in [0.25, 0.3) is 21.5 Å².